The van der Waals surface area contributed by atoms with E-state index in [1.165, 1.54) is 12.5 Å². The van der Waals surface area contributed by atoms with Gasteiger partial charge >= 0.3 is 0 Å². The summed E-state index contributed by atoms with van der Waals surface area (Å²) >= 11 is 0. The molecule has 0 bridgehead atoms. The molecule has 0 spiro atoms. The molecule has 4 rings (SSSR count). The van der Waals surface area contributed by atoms with Crippen LogP contribution >= 0.6 is 0 Å². The van der Waals surface area contributed by atoms with Crippen LogP contribution < -0.4 is 15.5 Å². The maximum atomic E-state index is 13.4. The lowest BCUT2D eigenvalue weighted by Crippen LogP contribution is -2.32. The van der Waals surface area contributed by atoms with E-state index in [0.717, 1.165) is 17.0 Å². The molecule has 1 aliphatic rings. The average molecular weight is 425 g/mol. The van der Waals surface area contributed by atoms with Gasteiger partial charge in [-0.1, -0.05) is 49.4 Å². The van der Waals surface area contributed by atoms with E-state index >= 15 is 0 Å². The quantitative estimate of drug-likeness (QED) is 0.566. The molecule has 0 saturated heterocycles. The van der Waals surface area contributed by atoms with E-state index in [2.05, 4.69) is 17.6 Å². The third-order valence-corrected chi connectivity index (χ3v) is 5.22. The second-order valence-corrected chi connectivity index (χ2v) is 7.47. The van der Waals surface area contributed by atoms with Crippen molar-refractivity contribution in [2.24, 2.45) is 0 Å². The molecular weight excluding hydrogens is 402 g/mol. The Labute approximate surface area is 186 Å². The molecule has 1 aliphatic heterocycles. The first-order chi connectivity index (χ1) is 15.5. The second-order valence-electron chi connectivity index (χ2n) is 7.47. The molecule has 0 radical (unpaired) electrons. The van der Waals surface area contributed by atoms with Crippen molar-refractivity contribution >= 4 is 40.4 Å². The first-order valence-corrected chi connectivity index (χ1v) is 10.4. The number of hydrogen-bond donors (Lipinski definition) is 2. The second kappa shape index (κ2) is 8.89. The van der Waals surface area contributed by atoms with Crippen molar-refractivity contribution in [1.82, 2.24) is 0 Å². The van der Waals surface area contributed by atoms with Gasteiger partial charge in [-0.25, -0.2) is 4.90 Å². The van der Waals surface area contributed by atoms with Crippen LogP contribution in [0.25, 0.3) is 5.57 Å². The first-order valence-electron chi connectivity index (χ1n) is 10.4. The number of nitrogens with zero attached hydrogens (tertiary/aromatic N) is 1. The van der Waals surface area contributed by atoms with Crippen LogP contribution in [0.2, 0.25) is 0 Å². The molecule has 1 heterocycles. The van der Waals surface area contributed by atoms with Crippen molar-refractivity contribution in [2.75, 3.05) is 15.5 Å². The highest BCUT2D eigenvalue weighted by Crippen LogP contribution is 2.34. The minimum absolute atomic E-state index is 0.195. The third kappa shape index (κ3) is 4.16. The number of hydrogen-bond acceptors (Lipinski definition) is 4. The molecule has 0 fully saturated rings. The molecule has 0 atom stereocenters. The number of imide groups is 1. The molecule has 6 heteroatoms. The Morgan fingerprint density at radius 2 is 1.44 bits per heavy atom. The van der Waals surface area contributed by atoms with Crippen molar-refractivity contribution in [1.29, 1.82) is 0 Å². The summed E-state index contributed by atoms with van der Waals surface area (Å²) in [6.45, 7) is 3.50. The van der Waals surface area contributed by atoms with Gasteiger partial charge < -0.3 is 10.6 Å². The number of carbonyl (C=O) groups excluding carboxylic acids is 3. The Morgan fingerprint density at radius 1 is 0.812 bits per heavy atom. The lowest BCUT2D eigenvalue weighted by molar-refractivity contribution is -0.120. The highest BCUT2D eigenvalue weighted by atomic mass is 16.2. The van der Waals surface area contributed by atoms with Gasteiger partial charge in [-0.2, -0.15) is 0 Å². The monoisotopic (exact) mass is 425 g/mol. The highest BCUT2D eigenvalue weighted by Gasteiger charge is 2.40. The Bertz CT molecular complexity index is 1200. The molecule has 6 nitrogen and oxygen atoms in total. The van der Waals surface area contributed by atoms with Crippen LogP contribution in [0.4, 0.5) is 17.1 Å². The van der Waals surface area contributed by atoms with Crippen LogP contribution in [0, 0.1) is 0 Å². The van der Waals surface area contributed by atoms with E-state index in [1.54, 1.807) is 24.3 Å². The maximum absolute atomic E-state index is 13.4. The summed E-state index contributed by atoms with van der Waals surface area (Å²) in [4.78, 5) is 39.2. The van der Waals surface area contributed by atoms with Gasteiger partial charge in [0.05, 0.1) is 11.3 Å². The van der Waals surface area contributed by atoms with Crippen LogP contribution in [-0.4, -0.2) is 17.7 Å². The minimum atomic E-state index is -0.430. The van der Waals surface area contributed by atoms with Crippen molar-refractivity contribution in [3.05, 3.63) is 95.7 Å². The zero-order valence-corrected chi connectivity index (χ0v) is 17.9. The average Bonchev–Trinajstić information content (AvgIpc) is 3.04. The summed E-state index contributed by atoms with van der Waals surface area (Å²) in [5.41, 5.74) is 4.15. The van der Waals surface area contributed by atoms with E-state index in [4.69, 9.17) is 0 Å². The Kier molecular flexibility index (Phi) is 5.85. The first kappa shape index (κ1) is 21.1. The smallest absolute Gasteiger partial charge is 0.282 e. The van der Waals surface area contributed by atoms with Gasteiger partial charge in [0.15, 0.2) is 0 Å². The SMILES string of the molecule is CCc1ccc(NC2=C(c3ccccc3)C(=O)N(c3ccc(NC(C)=O)cc3)C2=O)cc1. The Balaban J connectivity index is 1.72. The lowest BCUT2D eigenvalue weighted by atomic mass is 10.0. The Morgan fingerprint density at radius 3 is 2.03 bits per heavy atom. The van der Waals surface area contributed by atoms with Crippen molar-refractivity contribution in [2.45, 2.75) is 20.3 Å². The molecule has 32 heavy (non-hydrogen) atoms. The molecule has 0 aromatic heterocycles. The van der Waals surface area contributed by atoms with Crippen molar-refractivity contribution < 1.29 is 14.4 Å². The largest absolute Gasteiger partial charge is 0.350 e. The number of rotatable bonds is 6. The molecule has 160 valence electrons. The van der Waals surface area contributed by atoms with Crippen LogP contribution in [0.5, 0.6) is 0 Å². The van der Waals surface area contributed by atoms with Crippen LogP contribution in [0.1, 0.15) is 25.0 Å². The number of nitrogens with one attached hydrogen (secondary N) is 2. The van der Waals surface area contributed by atoms with Gasteiger partial charge in [-0.05, 0) is 53.9 Å². The molecule has 3 aromatic rings. The summed E-state index contributed by atoms with van der Waals surface area (Å²) in [5, 5.41) is 5.85. The fraction of sp³-hybridized carbons (Fsp3) is 0.115. The summed E-state index contributed by atoms with van der Waals surface area (Å²) < 4.78 is 0. The predicted molar refractivity (Wildman–Crippen MR) is 126 cm³/mol. The van der Waals surface area contributed by atoms with E-state index in [0.29, 0.717) is 22.5 Å². The lowest BCUT2D eigenvalue weighted by Gasteiger charge is -2.16. The van der Waals surface area contributed by atoms with E-state index in [9.17, 15) is 14.4 Å². The Hall–Kier alpha value is -4.19. The third-order valence-electron chi connectivity index (χ3n) is 5.22. The normalized spacial score (nSPS) is 13.5. The predicted octanol–water partition coefficient (Wildman–Crippen LogP) is 4.60. The van der Waals surface area contributed by atoms with Gasteiger partial charge in [0.2, 0.25) is 5.91 Å². The minimum Gasteiger partial charge on any atom is -0.350 e. The fourth-order valence-corrected chi connectivity index (χ4v) is 3.62. The summed E-state index contributed by atoms with van der Waals surface area (Å²) in [7, 11) is 0. The van der Waals surface area contributed by atoms with Gasteiger partial charge in [0.1, 0.15) is 5.70 Å². The molecule has 3 amide bonds. The summed E-state index contributed by atoms with van der Waals surface area (Å²) in [5.74, 6) is -1.03. The van der Waals surface area contributed by atoms with E-state index in [1.807, 2.05) is 54.6 Å². The van der Waals surface area contributed by atoms with Gasteiger partial charge in [0.25, 0.3) is 11.8 Å². The zero-order chi connectivity index (χ0) is 22.7. The van der Waals surface area contributed by atoms with Crippen molar-refractivity contribution in [3.63, 3.8) is 0 Å². The maximum Gasteiger partial charge on any atom is 0.282 e. The molecule has 0 saturated carbocycles. The standard InChI is InChI=1S/C26H23N3O3/c1-3-18-9-11-21(12-10-18)28-24-23(19-7-5-4-6-8-19)25(31)29(26(24)32)22-15-13-20(14-16-22)27-17(2)30/h4-16,28H,3H2,1-2H3,(H,27,30). The van der Waals surface area contributed by atoms with Crippen LogP contribution in [0.15, 0.2) is 84.6 Å². The molecular formula is C26H23N3O3. The fourth-order valence-electron chi connectivity index (χ4n) is 3.62. The zero-order valence-electron chi connectivity index (χ0n) is 17.9. The molecule has 0 aliphatic carbocycles. The number of benzene rings is 3. The molecule has 0 unspecified atom stereocenters. The van der Waals surface area contributed by atoms with Crippen LogP contribution in [-0.2, 0) is 20.8 Å². The topological polar surface area (TPSA) is 78.5 Å². The van der Waals surface area contributed by atoms with Crippen molar-refractivity contribution in [3.8, 4) is 0 Å². The van der Waals surface area contributed by atoms with Gasteiger partial charge in [-0.15, -0.1) is 0 Å². The summed E-state index contributed by atoms with van der Waals surface area (Å²) in [6.07, 6.45) is 0.915. The van der Waals surface area contributed by atoms with Gasteiger partial charge in [0, 0.05) is 18.3 Å². The van der Waals surface area contributed by atoms with E-state index < -0.39 is 11.8 Å². The highest BCUT2D eigenvalue weighted by molar-refractivity contribution is 6.46. The summed E-state index contributed by atoms with van der Waals surface area (Å²) in [6, 6.07) is 23.5. The molecule has 3 aromatic carbocycles. The number of anilines is 3. The number of carbonyl (C=O) groups is 3. The number of amides is 3. The number of aryl methyl sites for hydroxylation is 1. The molecule has 2 N–H and O–H groups in total. The van der Waals surface area contributed by atoms with Crippen LogP contribution in [0.3, 0.4) is 0 Å². The van der Waals surface area contributed by atoms with E-state index in [-0.39, 0.29) is 11.6 Å². The van der Waals surface area contributed by atoms with Gasteiger partial charge in [-0.3, -0.25) is 14.4 Å².